The number of hydrogen-bond acceptors (Lipinski definition) is 5. The Morgan fingerprint density at radius 3 is 2.84 bits per heavy atom. The van der Waals surface area contributed by atoms with E-state index in [1.165, 1.54) is 16.7 Å². The van der Waals surface area contributed by atoms with Crippen LogP contribution in [0.2, 0.25) is 0 Å². The molecule has 0 amide bonds. The van der Waals surface area contributed by atoms with E-state index in [4.69, 9.17) is 14.6 Å². The van der Waals surface area contributed by atoms with Crippen LogP contribution in [-0.2, 0) is 17.7 Å². The summed E-state index contributed by atoms with van der Waals surface area (Å²) < 4.78 is 13.5. The molecular weight excluding hydrogens is 400 g/mol. The second kappa shape index (κ2) is 9.51. The van der Waals surface area contributed by atoms with Gasteiger partial charge in [0, 0.05) is 43.5 Å². The smallest absolute Gasteiger partial charge is 0.153 e. The highest BCUT2D eigenvalue weighted by atomic mass is 16.5. The molecule has 1 atom stereocenters. The number of imidazole rings is 1. The van der Waals surface area contributed by atoms with Crippen LogP contribution in [0.1, 0.15) is 11.3 Å². The highest BCUT2D eigenvalue weighted by Crippen LogP contribution is 2.28. The molecule has 0 aliphatic carbocycles. The van der Waals surface area contributed by atoms with Crippen molar-refractivity contribution in [1.82, 2.24) is 19.5 Å². The summed E-state index contributed by atoms with van der Waals surface area (Å²) >= 11 is 0. The van der Waals surface area contributed by atoms with Gasteiger partial charge in [-0.25, -0.2) is 9.50 Å². The van der Waals surface area contributed by atoms with E-state index in [-0.39, 0.29) is 0 Å². The molecule has 0 bridgehead atoms. The highest BCUT2D eigenvalue weighted by molar-refractivity contribution is 5.65. The minimum absolute atomic E-state index is 0.384. The van der Waals surface area contributed by atoms with Crippen molar-refractivity contribution in [2.75, 3.05) is 33.4 Å². The standard InChI is InChI=1S/C26H28N4O2/c1-31-25-9-7-22(21-5-3-2-4-6-21)16-23(25)18-29-13-14-32-19-20(17-29)15-24-8-10-26-27-11-12-30(26)28-24/h2-12,16,20H,13-15,17-19H2,1H3/t20-/m1/s1. The Labute approximate surface area is 188 Å². The summed E-state index contributed by atoms with van der Waals surface area (Å²) in [5.41, 5.74) is 5.57. The van der Waals surface area contributed by atoms with Crippen LogP contribution in [0.15, 0.2) is 73.1 Å². The lowest BCUT2D eigenvalue weighted by molar-refractivity contribution is 0.121. The Morgan fingerprint density at radius 1 is 1.06 bits per heavy atom. The largest absolute Gasteiger partial charge is 0.496 e. The first-order valence-corrected chi connectivity index (χ1v) is 11.1. The fraction of sp³-hybridized carbons (Fsp3) is 0.308. The molecule has 4 aromatic rings. The van der Waals surface area contributed by atoms with Crippen LogP contribution in [0.4, 0.5) is 0 Å². The van der Waals surface area contributed by atoms with Gasteiger partial charge in [-0.15, -0.1) is 0 Å². The zero-order valence-electron chi connectivity index (χ0n) is 18.4. The van der Waals surface area contributed by atoms with Gasteiger partial charge < -0.3 is 9.47 Å². The van der Waals surface area contributed by atoms with Crippen LogP contribution in [0, 0.1) is 5.92 Å². The van der Waals surface area contributed by atoms with Gasteiger partial charge in [0.15, 0.2) is 5.65 Å². The molecule has 0 N–H and O–H groups in total. The number of aromatic nitrogens is 3. The van der Waals surface area contributed by atoms with E-state index in [1.807, 2.05) is 22.8 Å². The fourth-order valence-corrected chi connectivity index (χ4v) is 4.43. The number of methoxy groups -OCH3 is 1. The summed E-state index contributed by atoms with van der Waals surface area (Å²) in [6, 6.07) is 21.0. The monoisotopic (exact) mass is 428 g/mol. The van der Waals surface area contributed by atoms with Crippen LogP contribution < -0.4 is 4.74 Å². The van der Waals surface area contributed by atoms with Crippen LogP contribution in [0.3, 0.4) is 0 Å². The average molecular weight is 429 g/mol. The van der Waals surface area contributed by atoms with Crippen molar-refractivity contribution < 1.29 is 9.47 Å². The lowest BCUT2D eigenvalue weighted by atomic mass is 10.0. The predicted octanol–water partition coefficient (Wildman–Crippen LogP) is 4.10. The second-order valence-corrected chi connectivity index (χ2v) is 8.33. The van der Waals surface area contributed by atoms with E-state index in [9.17, 15) is 0 Å². The van der Waals surface area contributed by atoms with E-state index in [0.717, 1.165) is 56.4 Å². The van der Waals surface area contributed by atoms with Crippen LogP contribution in [0.25, 0.3) is 16.8 Å². The van der Waals surface area contributed by atoms with Crippen LogP contribution in [0.5, 0.6) is 5.75 Å². The van der Waals surface area contributed by atoms with Gasteiger partial charge >= 0.3 is 0 Å². The maximum atomic E-state index is 5.95. The van der Waals surface area contributed by atoms with Crippen molar-refractivity contribution in [3.8, 4) is 16.9 Å². The van der Waals surface area contributed by atoms with Crippen LogP contribution in [-0.4, -0.2) is 52.9 Å². The Kier molecular flexibility index (Phi) is 6.14. The molecule has 0 saturated carbocycles. The normalized spacial score (nSPS) is 17.3. The maximum Gasteiger partial charge on any atom is 0.153 e. The van der Waals surface area contributed by atoms with E-state index in [2.05, 4.69) is 58.4 Å². The zero-order valence-corrected chi connectivity index (χ0v) is 18.4. The van der Waals surface area contributed by atoms with Gasteiger partial charge in [0.1, 0.15) is 5.75 Å². The number of fused-ring (bicyclic) bond motifs is 1. The molecule has 5 rings (SSSR count). The molecule has 6 heteroatoms. The number of hydrogen-bond donors (Lipinski definition) is 0. The number of rotatable bonds is 6. The maximum absolute atomic E-state index is 5.95. The quantitative estimate of drug-likeness (QED) is 0.463. The first-order chi connectivity index (χ1) is 15.8. The van der Waals surface area contributed by atoms with Crippen molar-refractivity contribution in [2.45, 2.75) is 13.0 Å². The van der Waals surface area contributed by atoms with Crippen LogP contribution >= 0.6 is 0 Å². The molecule has 6 nitrogen and oxygen atoms in total. The summed E-state index contributed by atoms with van der Waals surface area (Å²) in [5, 5.41) is 4.70. The SMILES string of the molecule is COc1ccc(-c2ccccc2)cc1CN1CCOC[C@H](Cc2ccc3nccn3n2)C1. The third kappa shape index (κ3) is 4.66. The molecular formula is C26H28N4O2. The lowest BCUT2D eigenvalue weighted by Gasteiger charge is -2.24. The highest BCUT2D eigenvalue weighted by Gasteiger charge is 2.21. The van der Waals surface area contributed by atoms with Crippen molar-refractivity contribution in [1.29, 1.82) is 0 Å². The summed E-state index contributed by atoms with van der Waals surface area (Å²) in [7, 11) is 1.74. The Morgan fingerprint density at radius 2 is 1.97 bits per heavy atom. The van der Waals surface area contributed by atoms with Gasteiger partial charge in [0.05, 0.1) is 26.0 Å². The summed E-state index contributed by atoms with van der Waals surface area (Å²) in [6.45, 7) is 4.19. The molecule has 1 aliphatic rings. The molecule has 0 spiro atoms. The van der Waals surface area contributed by atoms with Crippen molar-refractivity contribution in [2.24, 2.45) is 5.92 Å². The van der Waals surface area contributed by atoms with Gasteiger partial charge in [0.2, 0.25) is 0 Å². The van der Waals surface area contributed by atoms with E-state index >= 15 is 0 Å². The van der Waals surface area contributed by atoms with Crippen molar-refractivity contribution in [3.63, 3.8) is 0 Å². The van der Waals surface area contributed by atoms with Gasteiger partial charge in [-0.2, -0.15) is 5.10 Å². The number of ether oxygens (including phenoxy) is 2. The topological polar surface area (TPSA) is 51.9 Å². The molecule has 32 heavy (non-hydrogen) atoms. The van der Waals surface area contributed by atoms with Gasteiger partial charge in [0.25, 0.3) is 0 Å². The lowest BCUT2D eigenvalue weighted by Crippen LogP contribution is -2.30. The number of nitrogens with zero attached hydrogens (tertiary/aromatic N) is 4. The van der Waals surface area contributed by atoms with Gasteiger partial charge in [-0.3, -0.25) is 4.90 Å². The Balaban J connectivity index is 1.32. The summed E-state index contributed by atoms with van der Waals surface area (Å²) in [5.74, 6) is 1.31. The minimum Gasteiger partial charge on any atom is -0.496 e. The third-order valence-corrected chi connectivity index (χ3v) is 6.01. The van der Waals surface area contributed by atoms with Gasteiger partial charge in [-0.05, 0) is 41.8 Å². The molecule has 2 aromatic heterocycles. The van der Waals surface area contributed by atoms with E-state index in [1.54, 1.807) is 13.3 Å². The molecule has 0 unspecified atom stereocenters. The first-order valence-electron chi connectivity index (χ1n) is 11.1. The fourth-order valence-electron chi connectivity index (χ4n) is 4.43. The molecule has 2 aromatic carbocycles. The third-order valence-electron chi connectivity index (χ3n) is 6.01. The minimum atomic E-state index is 0.384. The van der Waals surface area contributed by atoms with Crippen molar-refractivity contribution >= 4 is 5.65 Å². The molecule has 1 fully saturated rings. The second-order valence-electron chi connectivity index (χ2n) is 8.33. The molecule has 164 valence electrons. The molecule has 1 saturated heterocycles. The summed E-state index contributed by atoms with van der Waals surface area (Å²) in [4.78, 5) is 6.75. The zero-order chi connectivity index (χ0) is 21.8. The Bertz CT molecular complexity index is 1170. The summed E-state index contributed by atoms with van der Waals surface area (Å²) in [6.07, 6.45) is 4.55. The van der Waals surface area contributed by atoms with E-state index < -0.39 is 0 Å². The molecule has 1 aliphatic heterocycles. The predicted molar refractivity (Wildman–Crippen MR) is 125 cm³/mol. The molecule has 0 radical (unpaired) electrons. The Hall–Kier alpha value is -3.22. The van der Waals surface area contributed by atoms with E-state index in [0.29, 0.717) is 5.92 Å². The van der Waals surface area contributed by atoms with Gasteiger partial charge in [-0.1, -0.05) is 36.4 Å². The van der Waals surface area contributed by atoms with Crippen molar-refractivity contribution in [3.05, 3.63) is 84.3 Å². The average Bonchev–Trinajstić information content (AvgIpc) is 3.19. The molecule has 3 heterocycles. The number of benzene rings is 2. The first kappa shape index (κ1) is 20.7.